The summed E-state index contributed by atoms with van der Waals surface area (Å²) in [5.74, 6) is 0.722. The average molecular weight is 381 g/mol. The molecule has 0 bridgehead atoms. The van der Waals surface area contributed by atoms with E-state index in [1.165, 1.54) is 6.92 Å². The topological polar surface area (TPSA) is 84.0 Å². The first-order chi connectivity index (χ1) is 13.0. The lowest BCUT2D eigenvalue weighted by molar-refractivity contribution is -0.115. The number of amides is 1. The standard InChI is InChI=1S/C20H17ClN4O2/c1-13(26)15-4-8-17(9-5-15)22-18-10-11-19(25-24-18)23-20(27)12-14-2-6-16(21)7-3-14/h2-11H,12H2,1H3,(H,22,24)(H,23,25,27). The van der Waals surface area contributed by atoms with Gasteiger partial charge in [0, 0.05) is 16.3 Å². The number of aromatic nitrogens is 2. The predicted molar refractivity (Wildman–Crippen MR) is 106 cm³/mol. The number of nitrogens with one attached hydrogen (secondary N) is 2. The molecule has 0 fully saturated rings. The second kappa shape index (κ2) is 8.42. The summed E-state index contributed by atoms with van der Waals surface area (Å²) in [7, 11) is 0. The minimum Gasteiger partial charge on any atom is -0.339 e. The fourth-order valence-corrected chi connectivity index (χ4v) is 2.50. The van der Waals surface area contributed by atoms with Gasteiger partial charge in [0.1, 0.15) is 0 Å². The molecule has 6 nitrogen and oxygen atoms in total. The molecular formula is C20H17ClN4O2. The summed E-state index contributed by atoms with van der Waals surface area (Å²) >= 11 is 5.83. The predicted octanol–water partition coefficient (Wildman–Crippen LogP) is 4.26. The normalized spacial score (nSPS) is 10.3. The molecule has 1 heterocycles. The van der Waals surface area contributed by atoms with E-state index in [1.807, 2.05) is 0 Å². The fourth-order valence-electron chi connectivity index (χ4n) is 2.38. The van der Waals surface area contributed by atoms with E-state index in [0.717, 1.165) is 11.3 Å². The largest absolute Gasteiger partial charge is 0.339 e. The highest BCUT2D eigenvalue weighted by molar-refractivity contribution is 6.30. The summed E-state index contributed by atoms with van der Waals surface area (Å²) < 4.78 is 0. The van der Waals surface area contributed by atoms with Crippen LogP contribution in [0.25, 0.3) is 0 Å². The third-order valence-electron chi connectivity index (χ3n) is 3.77. The van der Waals surface area contributed by atoms with Crippen LogP contribution in [0.1, 0.15) is 22.8 Å². The van der Waals surface area contributed by atoms with Crippen LogP contribution in [0.2, 0.25) is 5.02 Å². The minimum absolute atomic E-state index is 0.0139. The van der Waals surface area contributed by atoms with Crippen LogP contribution in [-0.4, -0.2) is 21.9 Å². The van der Waals surface area contributed by atoms with Gasteiger partial charge in [-0.3, -0.25) is 9.59 Å². The van der Waals surface area contributed by atoms with Crippen LogP contribution in [0.5, 0.6) is 0 Å². The molecule has 7 heteroatoms. The summed E-state index contributed by atoms with van der Waals surface area (Å²) in [6.45, 7) is 1.52. The maximum absolute atomic E-state index is 12.1. The number of Topliss-reactive ketones (excluding diaryl/α,β-unsaturated/α-hetero) is 1. The van der Waals surface area contributed by atoms with Gasteiger partial charge in [0.25, 0.3) is 0 Å². The molecular weight excluding hydrogens is 364 g/mol. The highest BCUT2D eigenvalue weighted by atomic mass is 35.5. The van der Waals surface area contributed by atoms with Crippen molar-refractivity contribution >= 4 is 40.6 Å². The first-order valence-electron chi connectivity index (χ1n) is 8.25. The lowest BCUT2D eigenvalue weighted by atomic mass is 10.1. The van der Waals surface area contributed by atoms with Crippen molar-refractivity contribution in [2.45, 2.75) is 13.3 Å². The van der Waals surface area contributed by atoms with Crippen molar-refractivity contribution in [1.29, 1.82) is 0 Å². The van der Waals surface area contributed by atoms with E-state index in [-0.39, 0.29) is 18.1 Å². The van der Waals surface area contributed by atoms with Crippen LogP contribution in [0.3, 0.4) is 0 Å². The average Bonchev–Trinajstić information content (AvgIpc) is 2.66. The van der Waals surface area contributed by atoms with E-state index in [2.05, 4.69) is 20.8 Å². The second-order valence-corrected chi connectivity index (χ2v) is 6.35. The molecule has 0 saturated heterocycles. The molecule has 136 valence electrons. The summed E-state index contributed by atoms with van der Waals surface area (Å²) in [6, 6.07) is 17.5. The molecule has 0 atom stereocenters. The van der Waals surface area contributed by atoms with Crippen LogP contribution in [0.15, 0.2) is 60.7 Å². The van der Waals surface area contributed by atoms with E-state index in [4.69, 9.17) is 11.6 Å². The number of carbonyl (C=O) groups is 2. The maximum Gasteiger partial charge on any atom is 0.229 e. The van der Waals surface area contributed by atoms with Crippen molar-refractivity contribution < 1.29 is 9.59 Å². The molecule has 27 heavy (non-hydrogen) atoms. The first kappa shape index (κ1) is 18.5. The van der Waals surface area contributed by atoms with Crippen molar-refractivity contribution in [2.75, 3.05) is 10.6 Å². The Morgan fingerprint density at radius 3 is 2.11 bits per heavy atom. The Morgan fingerprint density at radius 2 is 1.52 bits per heavy atom. The van der Waals surface area contributed by atoms with E-state index < -0.39 is 0 Å². The van der Waals surface area contributed by atoms with Gasteiger partial charge in [-0.05, 0) is 61.0 Å². The molecule has 0 spiro atoms. The third kappa shape index (κ3) is 5.36. The van der Waals surface area contributed by atoms with Crippen molar-refractivity contribution in [2.24, 2.45) is 0 Å². The SMILES string of the molecule is CC(=O)c1ccc(Nc2ccc(NC(=O)Cc3ccc(Cl)cc3)nn2)cc1. The van der Waals surface area contributed by atoms with Gasteiger partial charge < -0.3 is 10.6 Å². The number of carbonyl (C=O) groups excluding carboxylic acids is 2. The zero-order valence-electron chi connectivity index (χ0n) is 14.6. The number of benzene rings is 2. The molecule has 0 aliphatic carbocycles. The molecule has 0 saturated carbocycles. The van der Waals surface area contributed by atoms with Gasteiger partial charge in [-0.2, -0.15) is 0 Å². The van der Waals surface area contributed by atoms with E-state index in [1.54, 1.807) is 60.7 Å². The van der Waals surface area contributed by atoms with E-state index in [9.17, 15) is 9.59 Å². The number of rotatable bonds is 6. The summed E-state index contributed by atoms with van der Waals surface area (Å²) in [4.78, 5) is 23.4. The Kier molecular flexibility index (Phi) is 5.78. The van der Waals surface area contributed by atoms with Crippen LogP contribution in [0.4, 0.5) is 17.3 Å². The molecule has 3 aromatic rings. The Bertz CT molecular complexity index is 939. The van der Waals surface area contributed by atoms with E-state index in [0.29, 0.717) is 22.2 Å². The Labute approximate surface area is 161 Å². The number of halogens is 1. The molecule has 0 unspecified atom stereocenters. The quantitative estimate of drug-likeness (QED) is 0.624. The molecule has 2 N–H and O–H groups in total. The minimum atomic E-state index is -0.188. The molecule has 0 aliphatic heterocycles. The molecule has 2 aromatic carbocycles. The first-order valence-corrected chi connectivity index (χ1v) is 8.63. The van der Waals surface area contributed by atoms with Gasteiger partial charge in [0.2, 0.25) is 5.91 Å². The smallest absolute Gasteiger partial charge is 0.229 e. The fraction of sp³-hybridized carbons (Fsp3) is 0.100. The van der Waals surface area contributed by atoms with Crippen molar-refractivity contribution in [3.05, 3.63) is 76.8 Å². The van der Waals surface area contributed by atoms with E-state index >= 15 is 0 Å². The van der Waals surface area contributed by atoms with Gasteiger partial charge in [-0.15, -0.1) is 10.2 Å². The highest BCUT2D eigenvalue weighted by Gasteiger charge is 2.06. The molecule has 0 aliphatic rings. The van der Waals surface area contributed by atoms with Gasteiger partial charge in [0.15, 0.2) is 17.4 Å². The van der Waals surface area contributed by atoms with Gasteiger partial charge in [-0.1, -0.05) is 23.7 Å². The van der Waals surface area contributed by atoms with Gasteiger partial charge in [0.05, 0.1) is 6.42 Å². The van der Waals surface area contributed by atoms with Crippen molar-refractivity contribution in [3.63, 3.8) is 0 Å². The molecule has 1 aromatic heterocycles. The lowest BCUT2D eigenvalue weighted by Gasteiger charge is -2.07. The molecule has 3 rings (SSSR count). The number of ketones is 1. The Balaban J connectivity index is 1.57. The zero-order valence-corrected chi connectivity index (χ0v) is 15.3. The van der Waals surface area contributed by atoms with Crippen LogP contribution in [-0.2, 0) is 11.2 Å². The third-order valence-corrected chi connectivity index (χ3v) is 4.03. The highest BCUT2D eigenvalue weighted by Crippen LogP contribution is 2.16. The Hall–Kier alpha value is -3.25. The number of hydrogen-bond acceptors (Lipinski definition) is 5. The van der Waals surface area contributed by atoms with Gasteiger partial charge >= 0.3 is 0 Å². The second-order valence-electron chi connectivity index (χ2n) is 5.91. The monoisotopic (exact) mass is 380 g/mol. The molecule has 0 radical (unpaired) electrons. The number of nitrogens with zero attached hydrogens (tertiary/aromatic N) is 2. The number of hydrogen-bond donors (Lipinski definition) is 2. The molecule has 1 amide bonds. The summed E-state index contributed by atoms with van der Waals surface area (Å²) in [6.07, 6.45) is 0.224. The van der Waals surface area contributed by atoms with Crippen LogP contribution >= 0.6 is 11.6 Å². The van der Waals surface area contributed by atoms with Crippen LogP contribution in [0, 0.1) is 0 Å². The number of anilines is 3. The van der Waals surface area contributed by atoms with Gasteiger partial charge in [-0.25, -0.2) is 0 Å². The summed E-state index contributed by atoms with van der Waals surface area (Å²) in [5, 5.41) is 14.5. The lowest BCUT2D eigenvalue weighted by Crippen LogP contribution is -2.15. The van der Waals surface area contributed by atoms with Crippen molar-refractivity contribution in [3.8, 4) is 0 Å². The Morgan fingerprint density at radius 1 is 0.889 bits per heavy atom. The van der Waals surface area contributed by atoms with Crippen molar-refractivity contribution in [1.82, 2.24) is 10.2 Å². The maximum atomic E-state index is 12.1. The van der Waals surface area contributed by atoms with Crippen LogP contribution < -0.4 is 10.6 Å². The summed E-state index contributed by atoms with van der Waals surface area (Å²) in [5.41, 5.74) is 2.29. The zero-order chi connectivity index (χ0) is 19.2.